The number of fused-ring (bicyclic) bond motifs is 2. The largest absolute Gasteiger partial charge is 0.508 e. The van der Waals surface area contributed by atoms with Crippen molar-refractivity contribution in [1.29, 1.82) is 0 Å². The van der Waals surface area contributed by atoms with Crippen LogP contribution >= 0.6 is 0 Å². The third-order valence-corrected chi connectivity index (χ3v) is 6.49. The SMILES string of the molecule is COc1ccc(N=Cc2c(O)[nH]c3ccccc23)cc1O.Cc1ccc(N=Cc2c(O)[nH]c3ccccc23)cc1O. The van der Waals surface area contributed by atoms with Crippen LogP contribution in [0.4, 0.5) is 11.4 Å². The highest BCUT2D eigenvalue weighted by atomic mass is 16.5. The predicted octanol–water partition coefficient (Wildman–Crippen LogP) is 6.98. The molecule has 0 aliphatic carbocycles. The average Bonchev–Trinajstić information content (AvgIpc) is 3.47. The third-order valence-electron chi connectivity index (χ3n) is 6.49. The van der Waals surface area contributed by atoms with Gasteiger partial charge in [-0.15, -0.1) is 0 Å². The molecule has 0 unspecified atom stereocenters. The van der Waals surface area contributed by atoms with Crippen molar-refractivity contribution < 1.29 is 25.2 Å². The molecule has 0 atom stereocenters. The highest BCUT2D eigenvalue weighted by Gasteiger charge is 2.09. The van der Waals surface area contributed by atoms with Crippen LogP contribution in [0.5, 0.6) is 29.0 Å². The summed E-state index contributed by atoms with van der Waals surface area (Å²) in [4.78, 5) is 14.4. The van der Waals surface area contributed by atoms with Crippen molar-refractivity contribution in [3.05, 3.63) is 102 Å². The lowest BCUT2D eigenvalue weighted by atomic mass is 10.2. The fourth-order valence-electron chi connectivity index (χ4n) is 4.28. The molecule has 6 N–H and O–H groups in total. The van der Waals surface area contributed by atoms with Crippen molar-refractivity contribution in [1.82, 2.24) is 9.97 Å². The molecule has 0 amide bonds. The molecule has 2 heterocycles. The van der Waals surface area contributed by atoms with Gasteiger partial charge in [0.2, 0.25) is 0 Å². The first kappa shape index (κ1) is 26.9. The highest BCUT2D eigenvalue weighted by Crippen LogP contribution is 2.31. The van der Waals surface area contributed by atoms with Gasteiger partial charge in [-0.05, 0) is 42.8 Å². The summed E-state index contributed by atoms with van der Waals surface area (Å²) >= 11 is 0. The lowest BCUT2D eigenvalue weighted by Gasteiger charge is -2.02. The number of aromatic amines is 2. The Morgan fingerprint density at radius 2 is 1.12 bits per heavy atom. The lowest BCUT2D eigenvalue weighted by molar-refractivity contribution is 0.373. The number of hydrogen-bond acceptors (Lipinski definition) is 7. The molecule has 2 aromatic heterocycles. The Balaban J connectivity index is 0.000000165. The maximum atomic E-state index is 9.93. The number of phenols is 2. The van der Waals surface area contributed by atoms with Crippen molar-refractivity contribution in [3.8, 4) is 29.0 Å². The second-order valence-corrected chi connectivity index (χ2v) is 9.21. The summed E-state index contributed by atoms with van der Waals surface area (Å²) in [7, 11) is 1.49. The fraction of sp³-hybridized carbons (Fsp3) is 0.0625. The molecule has 9 nitrogen and oxygen atoms in total. The summed E-state index contributed by atoms with van der Waals surface area (Å²) in [5.41, 5.74) is 4.96. The van der Waals surface area contributed by atoms with Gasteiger partial charge in [0.25, 0.3) is 0 Å². The lowest BCUT2D eigenvalue weighted by Crippen LogP contribution is -1.83. The molecule has 206 valence electrons. The van der Waals surface area contributed by atoms with Crippen LogP contribution in [-0.2, 0) is 0 Å². The average molecular weight is 549 g/mol. The molecule has 9 heteroatoms. The molecule has 4 aromatic carbocycles. The van der Waals surface area contributed by atoms with Crippen molar-refractivity contribution in [3.63, 3.8) is 0 Å². The molecule has 6 rings (SSSR count). The van der Waals surface area contributed by atoms with Crippen LogP contribution in [-0.4, -0.2) is 49.9 Å². The van der Waals surface area contributed by atoms with Gasteiger partial charge in [0.15, 0.2) is 23.3 Å². The smallest absolute Gasteiger partial charge is 0.198 e. The monoisotopic (exact) mass is 548 g/mol. The molecular weight excluding hydrogens is 520 g/mol. The zero-order valence-electron chi connectivity index (χ0n) is 22.3. The summed E-state index contributed by atoms with van der Waals surface area (Å²) < 4.78 is 4.98. The van der Waals surface area contributed by atoms with Crippen LogP contribution in [0, 0.1) is 6.92 Å². The van der Waals surface area contributed by atoms with Gasteiger partial charge >= 0.3 is 0 Å². The van der Waals surface area contributed by atoms with E-state index in [-0.39, 0.29) is 23.3 Å². The topological polar surface area (TPSA) is 146 Å². The minimum atomic E-state index is 0.0234. The van der Waals surface area contributed by atoms with Gasteiger partial charge in [0, 0.05) is 46.4 Å². The highest BCUT2D eigenvalue weighted by molar-refractivity contribution is 6.03. The number of aryl methyl sites for hydroxylation is 1. The van der Waals surface area contributed by atoms with Crippen LogP contribution in [0.3, 0.4) is 0 Å². The number of para-hydroxylation sites is 2. The molecule has 0 spiro atoms. The van der Waals surface area contributed by atoms with E-state index in [1.54, 1.807) is 36.7 Å². The molecule has 0 aliphatic heterocycles. The first-order chi connectivity index (χ1) is 19.8. The normalized spacial score (nSPS) is 11.4. The van der Waals surface area contributed by atoms with E-state index in [0.29, 0.717) is 28.3 Å². The molecule has 6 aromatic rings. The number of nitrogens with one attached hydrogen (secondary N) is 2. The van der Waals surface area contributed by atoms with Crippen LogP contribution in [0.25, 0.3) is 21.8 Å². The van der Waals surface area contributed by atoms with E-state index >= 15 is 0 Å². The number of benzene rings is 4. The van der Waals surface area contributed by atoms with E-state index in [0.717, 1.165) is 27.4 Å². The number of hydrogen-bond donors (Lipinski definition) is 6. The first-order valence-electron chi connectivity index (χ1n) is 12.7. The van der Waals surface area contributed by atoms with Gasteiger partial charge in [-0.25, -0.2) is 0 Å². The number of methoxy groups -OCH3 is 1. The Kier molecular flexibility index (Phi) is 7.60. The number of rotatable bonds is 5. The zero-order chi connectivity index (χ0) is 28.9. The van der Waals surface area contributed by atoms with Crippen LogP contribution in [0.2, 0.25) is 0 Å². The predicted molar refractivity (Wildman–Crippen MR) is 162 cm³/mol. The maximum Gasteiger partial charge on any atom is 0.198 e. The minimum Gasteiger partial charge on any atom is -0.508 e. The van der Waals surface area contributed by atoms with Crippen molar-refractivity contribution in [2.45, 2.75) is 6.92 Å². The van der Waals surface area contributed by atoms with Crippen LogP contribution < -0.4 is 4.74 Å². The Morgan fingerprint density at radius 1 is 0.634 bits per heavy atom. The van der Waals surface area contributed by atoms with E-state index in [2.05, 4.69) is 20.0 Å². The Bertz CT molecular complexity index is 1900. The molecule has 0 saturated heterocycles. The number of H-pyrrole nitrogens is 2. The molecule has 0 fully saturated rings. The van der Waals surface area contributed by atoms with E-state index in [1.165, 1.54) is 13.2 Å². The minimum absolute atomic E-state index is 0.0234. The second kappa shape index (κ2) is 11.6. The molecule has 0 bridgehead atoms. The second-order valence-electron chi connectivity index (χ2n) is 9.21. The number of aromatic nitrogens is 2. The van der Waals surface area contributed by atoms with Gasteiger partial charge in [-0.1, -0.05) is 42.5 Å². The summed E-state index contributed by atoms with van der Waals surface area (Å²) in [5, 5.41) is 41.0. The summed E-state index contributed by atoms with van der Waals surface area (Å²) in [5.74, 6) is 0.783. The van der Waals surface area contributed by atoms with Crippen LogP contribution in [0.15, 0.2) is 94.9 Å². The fourth-order valence-corrected chi connectivity index (χ4v) is 4.28. The van der Waals surface area contributed by atoms with E-state index < -0.39 is 0 Å². The van der Waals surface area contributed by atoms with Gasteiger partial charge in [0.05, 0.1) is 29.6 Å². The quantitative estimate of drug-likeness (QED) is 0.129. The molecule has 41 heavy (non-hydrogen) atoms. The van der Waals surface area contributed by atoms with Gasteiger partial charge in [-0.3, -0.25) is 9.98 Å². The van der Waals surface area contributed by atoms with Crippen molar-refractivity contribution >= 4 is 45.6 Å². The Hall–Kier alpha value is -5.70. The molecule has 0 radical (unpaired) electrons. The molecule has 0 saturated carbocycles. The number of ether oxygens (including phenoxy) is 1. The van der Waals surface area contributed by atoms with E-state index in [1.807, 2.05) is 61.5 Å². The zero-order valence-corrected chi connectivity index (χ0v) is 22.3. The number of aromatic hydroxyl groups is 4. The number of aliphatic imine (C=N–C) groups is 2. The van der Waals surface area contributed by atoms with Gasteiger partial charge < -0.3 is 35.1 Å². The van der Waals surface area contributed by atoms with E-state index in [4.69, 9.17) is 4.74 Å². The van der Waals surface area contributed by atoms with Crippen molar-refractivity contribution in [2.75, 3.05) is 7.11 Å². The van der Waals surface area contributed by atoms with E-state index in [9.17, 15) is 20.4 Å². The molecular formula is C32H28N4O5. The van der Waals surface area contributed by atoms with Gasteiger partial charge in [-0.2, -0.15) is 0 Å². The first-order valence-corrected chi connectivity index (χ1v) is 12.7. The third kappa shape index (κ3) is 5.84. The van der Waals surface area contributed by atoms with Gasteiger partial charge in [0.1, 0.15) is 5.75 Å². The number of nitrogens with zero attached hydrogens (tertiary/aromatic N) is 2. The van der Waals surface area contributed by atoms with Crippen molar-refractivity contribution in [2.24, 2.45) is 9.98 Å². The summed E-state index contributed by atoms with van der Waals surface area (Å²) in [6, 6.07) is 25.3. The Labute approximate surface area is 235 Å². The van der Waals surface area contributed by atoms with Crippen LogP contribution in [0.1, 0.15) is 16.7 Å². The Morgan fingerprint density at radius 3 is 1.61 bits per heavy atom. The molecule has 0 aliphatic rings. The summed E-state index contributed by atoms with van der Waals surface area (Å²) in [6.07, 6.45) is 3.16. The maximum absolute atomic E-state index is 9.93. The number of phenolic OH excluding ortho intramolecular Hbond substituents is 2. The standard InChI is InChI=1S/C16H14N2O3.C16H14N2O2/c1-21-15-7-6-10(8-14(15)19)17-9-12-11-4-2-3-5-13(11)18-16(12)20;1-10-6-7-11(8-15(10)19)17-9-13-12-4-2-3-5-14(12)18-16(13)20/h2-9,18-20H,1H3;2-9,18-20H,1H3. The summed E-state index contributed by atoms with van der Waals surface area (Å²) in [6.45, 7) is 1.83.